The number of allylic oxidation sites excluding steroid dienone is 2. The standard InChI is InChI=1S/C22H28N2O3/c1-5-24(6-2)16-12-10-15(11-13-16)20-19(22(26)27-4)14(3)23-17-8-7-9-18(25)21(17)20/h10-13,19-20H,5-9H2,1-4H3/t19-,20+/m1/s1. The minimum Gasteiger partial charge on any atom is -0.468 e. The van der Waals surface area contributed by atoms with E-state index in [0.717, 1.165) is 48.6 Å². The highest BCUT2D eigenvalue weighted by Crippen LogP contribution is 2.43. The Morgan fingerprint density at radius 2 is 1.85 bits per heavy atom. The summed E-state index contributed by atoms with van der Waals surface area (Å²) in [6.45, 7) is 7.99. The van der Waals surface area contributed by atoms with Gasteiger partial charge in [0.2, 0.25) is 0 Å². The van der Waals surface area contributed by atoms with Gasteiger partial charge in [-0.1, -0.05) is 12.1 Å². The van der Waals surface area contributed by atoms with Crippen molar-refractivity contribution >= 4 is 23.2 Å². The van der Waals surface area contributed by atoms with Crippen LogP contribution >= 0.6 is 0 Å². The fourth-order valence-corrected chi connectivity index (χ4v) is 4.28. The first kappa shape index (κ1) is 19.3. The van der Waals surface area contributed by atoms with Gasteiger partial charge < -0.3 is 9.64 Å². The molecule has 27 heavy (non-hydrogen) atoms. The monoisotopic (exact) mass is 368 g/mol. The molecule has 0 fully saturated rings. The molecule has 144 valence electrons. The van der Waals surface area contributed by atoms with Crippen LogP contribution < -0.4 is 4.90 Å². The maximum absolute atomic E-state index is 12.8. The number of benzene rings is 1. The van der Waals surface area contributed by atoms with Crippen LogP contribution in [0.25, 0.3) is 0 Å². The molecule has 1 aromatic rings. The molecule has 0 radical (unpaired) electrons. The van der Waals surface area contributed by atoms with Crippen molar-refractivity contribution in [1.29, 1.82) is 0 Å². The Bertz CT molecular complexity index is 788. The van der Waals surface area contributed by atoms with Crippen LogP contribution in [0, 0.1) is 5.92 Å². The van der Waals surface area contributed by atoms with Crippen molar-refractivity contribution < 1.29 is 14.3 Å². The molecule has 0 spiro atoms. The summed E-state index contributed by atoms with van der Waals surface area (Å²) in [4.78, 5) is 32.2. The van der Waals surface area contributed by atoms with Gasteiger partial charge >= 0.3 is 5.97 Å². The molecule has 0 amide bonds. The second-order valence-electron chi connectivity index (χ2n) is 7.13. The van der Waals surface area contributed by atoms with Crippen LogP contribution in [-0.4, -0.2) is 37.7 Å². The van der Waals surface area contributed by atoms with Crippen LogP contribution in [0.3, 0.4) is 0 Å². The van der Waals surface area contributed by atoms with Crippen molar-refractivity contribution in [3.05, 3.63) is 41.1 Å². The van der Waals surface area contributed by atoms with Gasteiger partial charge in [0.05, 0.1) is 7.11 Å². The van der Waals surface area contributed by atoms with E-state index >= 15 is 0 Å². The van der Waals surface area contributed by atoms with Gasteiger partial charge in [0.15, 0.2) is 5.78 Å². The third-order valence-electron chi connectivity index (χ3n) is 5.67. The lowest BCUT2D eigenvalue weighted by Gasteiger charge is -2.34. The zero-order valence-corrected chi connectivity index (χ0v) is 16.6. The van der Waals surface area contributed by atoms with E-state index in [0.29, 0.717) is 12.0 Å². The smallest absolute Gasteiger partial charge is 0.315 e. The van der Waals surface area contributed by atoms with E-state index in [-0.39, 0.29) is 17.7 Å². The average molecular weight is 368 g/mol. The van der Waals surface area contributed by atoms with Gasteiger partial charge in [-0.3, -0.25) is 14.6 Å². The van der Waals surface area contributed by atoms with E-state index in [1.54, 1.807) is 0 Å². The summed E-state index contributed by atoms with van der Waals surface area (Å²) in [7, 11) is 1.39. The number of nitrogens with zero attached hydrogens (tertiary/aromatic N) is 2. The van der Waals surface area contributed by atoms with Crippen LogP contribution in [-0.2, 0) is 14.3 Å². The van der Waals surface area contributed by atoms with Gasteiger partial charge in [0.1, 0.15) is 5.92 Å². The normalized spacial score (nSPS) is 22.2. The number of rotatable bonds is 5. The molecule has 1 aromatic carbocycles. The van der Waals surface area contributed by atoms with Crippen LogP contribution in [0.1, 0.15) is 51.5 Å². The number of esters is 1. The summed E-state index contributed by atoms with van der Waals surface area (Å²) in [5, 5.41) is 0. The van der Waals surface area contributed by atoms with Crippen LogP contribution in [0.5, 0.6) is 0 Å². The van der Waals surface area contributed by atoms with Crippen molar-refractivity contribution in [3.8, 4) is 0 Å². The molecule has 2 aliphatic rings. The van der Waals surface area contributed by atoms with Gasteiger partial charge in [-0.25, -0.2) is 0 Å². The predicted molar refractivity (Wildman–Crippen MR) is 107 cm³/mol. The van der Waals surface area contributed by atoms with Crippen LogP contribution in [0.4, 0.5) is 5.69 Å². The van der Waals surface area contributed by atoms with Gasteiger partial charge in [-0.15, -0.1) is 0 Å². The molecule has 0 saturated heterocycles. The third-order valence-corrected chi connectivity index (χ3v) is 5.67. The molecule has 2 atom stereocenters. The quantitative estimate of drug-likeness (QED) is 0.740. The number of hydrogen-bond acceptors (Lipinski definition) is 5. The number of ether oxygens (including phenoxy) is 1. The summed E-state index contributed by atoms with van der Waals surface area (Å²) in [5.74, 6) is -1.09. The minimum absolute atomic E-state index is 0.110. The van der Waals surface area contributed by atoms with E-state index in [1.807, 2.05) is 19.1 Å². The van der Waals surface area contributed by atoms with Crippen LogP contribution in [0.15, 0.2) is 40.5 Å². The molecule has 1 aliphatic carbocycles. The van der Waals surface area contributed by atoms with Gasteiger partial charge in [0.25, 0.3) is 0 Å². The van der Waals surface area contributed by atoms with Crippen molar-refractivity contribution in [2.24, 2.45) is 10.9 Å². The number of anilines is 1. The summed E-state index contributed by atoms with van der Waals surface area (Å²) in [6.07, 6.45) is 2.14. The number of ketones is 1. The number of hydrogen-bond donors (Lipinski definition) is 0. The summed E-state index contributed by atoms with van der Waals surface area (Å²) >= 11 is 0. The first-order chi connectivity index (χ1) is 13.0. The Balaban J connectivity index is 2.07. The second kappa shape index (κ2) is 8.07. The molecule has 5 nitrogen and oxygen atoms in total. The highest BCUT2D eigenvalue weighted by molar-refractivity contribution is 6.08. The van der Waals surface area contributed by atoms with E-state index in [4.69, 9.17) is 4.74 Å². The zero-order chi connectivity index (χ0) is 19.6. The molecule has 0 saturated carbocycles. The van der Waals surface area contributed by atoms with Crippen LogP contribution in [0.2, 0.25) is 0 Å². The Morgan fingerprint density at radius 3 is 2.44 bits per heavy atom. The summed E-state index contributed by atoms with van der Waals surface area (Å²) in [6, 6.07) is 8.23. The third kappa shape index (κ3) is 3.55. The predicted octanol–water partition coefficient (Wildman–Crippen LogP) is 3.89. The Labute approximate surface area is 161 Å². The van der Waals surface area contributed by atoms with E-state index < -0.39 is 5.92 Å². The average Bonchev–Trinajstić information content (AvgIpc) is 2.68. The Hall–Kier alpha value is -2.43. The molecule has 1 heterocycles. The maximum atomic E-state index is 12.8. The highest BCUT2D eigenvalue weighted by atomic mass is 16.5. The topological polar surface area (TPSA) is 59.0 Å². The zero-order valence-electron chi connectivity index (χ0n) is 16.6. The number of carbonyl (C=O) groups excluding carboxylic acids is 2. The van der Waals surface area contributed by atoms with Gasteiger partial charge in [-0.05, 0) is 51.3 Å². The molecule has 0 bridgehead atoms. The summed E-state index contributed by atoms with van der Waals surface area (Å²) < 4.78 is 5.06. The molecular formula is C22H28N2O3. The van der Waals surface area contributed by atoms with Crippen molar-refractivity contribution in [3.63, 3.8) is 0 Å². The lowest BCUT2D eigenvalue weighted by molar-refractivity contribution is -0.143. The SMILES string of the molecule is CCN(CC)c1ccc([C@@H]2C3=C(CCCC3=O)N=C(C)[C@H]2C(=O)OC)cc1. The fourth-order valence-electron chi connectivity index (χ4n) is 4.28. The first-order valence-electron chi connectivity index (χ1n) is 9.75. The molecule has 0 N–H and O–H groups in total. The second-order valence-corrected chi connectivity index (χ2v) is 7.13. The molecule has 5 heteroatoms. The van der Waals surface area contributed by atoms with E-state index in [2.05, 4.69) is 35.9 Å². The minimum atomic E-state index is -0.546. The highest BCUT2D eigenvalue weighted by Gasteiger charge is 2.42. The maximum Gasteiger partial charge on any atom is 0.315 e. The first-order valence-corrected chi connectivity index (χ1v) is 9.75. The summed E-state index contributed by atoms with van der Waals surface area (Å²) in [5.41, 5.74) is 4.40. The van der Waals surface area contributed by atoms with Crippen molar-refractivity contribution in [2.75, 3.05) is 25.1 Å². The molecule has 3 rings (SSSR count). The van der Waals surface area contributed by atoms with Crippen molar-refractivity contribution in [2.45, 2.75) is 46.0 Å². The molecule has 0 aromatic heterocycles. The molecule has 1 aliphatic heterocycles. The Kier molecular flexibility index (Phi) is 5.78. The lowest BCUT2D eigenvalue weighted by Crippen LogP contribution is -2.36. The number of aliphatic imine (C=N–C) groups is 1. The van der Waals surface area contributed by atoms with Crippen molar-refractivity contribution in [1.82, 2.24) is 0 Å². The van der Waals surface area contributed by atoms with Gasteiger partial charge in [0, 0.05) is 48.1 Å². The molecular weight excluding hydrogens is 340 g/mol. The Morgan fingerprint density at radius 1 is 1.19 bits per heavy atom. The lowest BCUT2D eigenvalue weighted by atomic mass is 9.72. The van der Waals surface area contributed by atoms with E-state index in [1.165, 1.54) is 7.11 Å². The number of Topliss-reactive ketones (excluding diaryl/α,β-unsaturated/α-hetero) is 1. The van der Waals surface area contributed by atoms with Gasteiger partial charge in [-0.2, -0.15) is 0 Å². The number of methoxy groups -OCH3 is 1. The van der Waals surface area contributed by atoms with E-state index in [9.17, 15) is 9.59 Å². The molecule has 0 unspecified atom stereocenters. The largest absolute Gasteiger partial charge is 0.468 e. The number of carbonyl (C=O) groups is 2. The fraction of sp³-hybridized carbons (Fsp3) is 0.500.